The van der Waals surface area contributed by atoms with E-state index in [9.17, 15) is 4.79 Å². The van der Waals surface area contributed by atoms with Crippen molar-refractivity contribution in [2.75, 3.05) is 19.6 Å². The maximum Gasteiger partial charge on any atom is 0.223 e. The number of nitrogens with zero attached hydrogens (tertiary/aromatic N) is 1. The van der Waals surface area contributed by atoms with E-state index < -0.39 is 0 Å². The molecule has 3 nitrogen and oxygen atoms in total. The Hall–Kier alpha value is -0.280. The molecule has 0 unspecified atom stereocenters. The molecular weight excluding hydrogens is 224 g/mol. The summed E-state index contributed by atoms with van der Waals surface area (Å²) in [6.07, 6.45) is 5.99. The van der Waals surface area contributed by atoms with Crippen molar-refractivity contribution in [3.63, 3.8) is 0 Å². The molecule has 2 fully saturated rings. The van der Waals surface area contributed by atoms with Gasteiger partial charge in [0.15, 0.2) is 0 Å². The Balaban J connectivity index is 0.00000128. The number of hydrogen-bond acceptors (Lipinski definition) is 2. The van der Waals surface area contributed by atoms with Gasteiger partial charge in [0, 0.05) is 32.1 Å². The molecule has 0 aromatic rings. The summed E-state index contributed by atoms with van der Waals surface area (Å²) in [5, 5.41) is 3.32. The lowest BCUT2D eigenvalue weighted by molar-refractivity contribution is -0.134. The van der Waals surface area contributed by atoms with Crippen LogP contribution in [0.15, 0.2) is 0 Å². The molecule has 1 heterocycles. The van der Waals surface area contributed by atoms with Crippen molar-refractivity contribution >= 4 is 18.3 Å². The van der Waals surface area contributed by atoms with E-state index in [-0.39, 0.29) is 12.4 Å². The first-order chi connectivity index (χ1) is 7.27. The van der Waals surface area contributed by atoms with Crippen LogP contribution in [0.3, 0.4) is 0 Å². The molecule has 1 N–H and O–H groups in total. The highest BCUT2D eigenvalue weighted by atomic mass is 35.5. The fourth-order valence-corrected chi connectivity index (χ4v) is 2.79. The van der Waals surface area contributed by atoms with Crippen LogP contribution in [0.5, 0.6) is 0 Å². The maximum absolute atomic E-state index is 12.1. The van der Waals surface area contributed by atoms with Crippen molar-refractivity contribution < 1.29 is 4.79 Å². The lowest BCUT2D eigenvalue weighted by Gasteiger charge is -2.34. The fraction of sp³-hybridized carbons (Fsp3) is 0.917. The first kappa shape index (κ1) is 13.8. The van der Waals surface area contributed by atoms with Crippen LogP contribution >= 0.6 is 12.4 Å². The van der Waals surface area contributed by atoms with Crippen LogP contribution < -0.4 is 5.32 Å². The highest BCUT2D eigenvalue weighted by molar-refractivity contribution is 5.85. The number of rotatable bonds is 2. The van der Waals surface area contributed by atoms with E-state index in [1.54, 1.807) is 0 Å². The van der Waals surface area contributed by atoms with E-state index in [0.717, 1.165) is 26.1 Å². The second-order valence-corrected chi connectivity index (χ2v) is 4.99. The van der Waals surface area contributed by atoms with E-state index in [4.69, 9.17) is 0 Å². The van der Waals surface area contributed by atoms with E-state index in [1.165, 1.54) is 25.7 Å². The Morgan fingerprint density at radius 1 is 1.38 bits per heavy atom. The van der Waals surface area contributed by atoms with Crippen molar-refractivity contribution in [2.45, 2.75) is 45.1 Å². The standard InChI is InChI=1S/C12H22N2O.ClH/c1-10-9-13-6-7-14(10)12(15)8-11-4-2-3-5-11;/h10-11,13H,2-9H2,1H3;1H/t10-;/m0./s1. The predicted octanol–water partition coefficient (Wildman–Crippen LogP) is 1.81. The van der Waals surface area contributed by atoms with E-state index in [2.05, 4.69) is 17.1 Å². The van der Waals surface area contributed by atoms with Crippen LogP contribution in [0.25, 0.3) is 0 Å². The second-order valence-electron chi connectivity index (χ2n) is 4.99. The molecule has 1 amide bonds. The molecule has 2 rings (SSSR count). The third-order valence-corrected chi connectivity index (χ3v) is 3.76. The number of piperazine rings is 1. The monoisotopic (exact) mass is 246 g/mol. The lowest BCUT2D eigenvalue weighted by Crippen LogP contribution is -2.52. The van der Waals surface area contributed by atoms with Crippen molar-refractivity contribution in [3.8, 4) is 0 Å². The number of carbonyl (C=O) groups is 1. The lowest BCUT2D eigenvalue weighted by atomic mass is 10.0. The number of nitrogens with one attached hydrogen (secondary N) is 1. The average molecular weight is 247 g/mol. The third-order valence-electron chi connectivity index (χ3n) is 3.76. The summed E-state index contributed by atoms with van der Waals surface area (Å²) in [7, 11) is 0. The quantitative estimate of drug-likeness (QED) is 0.806. The van der Waals surface area contributed by atoms with Gasteiger partial charge < -0.3 is 10.2 Å². The minimum atomic E-state index is 0. The molecule has 1 aliphatic heterocycles. The minimum Gasteiger partial charge on any atom is -0.337 e. The molecule has 1 saturated carbocycles. The molecule has 1 aliphatic carbocycles. The summed E-state index contributed by atoms with van der Waals surface area (Å²) < 4.78 is 0. The highest BCUT2D eigenvalue weighted by Gasteiger charge is 2.26. The third kappa shape index (κ3) is 3.36. The number of hydrogen-bond donors (Lipinski definition) is 1. The minimum absolute atomic E-state index is 0. The zero-order chi connectivity index (χ0) is 10.7. The molecule has 94 valence electrons. The molecule has 1 saturated heterocycles. The normalized spacial score (nSPS) is 26.6. The Morgan fingerprint density at radius 3 is 2.69 bits per heavy atom. The number of amides is 1. The van der Waals surface area contributed by atoms with Gasteiger partial charge in [0.25, 0.3) is 0 Å². The number of carbonyl (C=O) groups excluding carboxylic acids is 1. The van der Waals surface area contributed by atoms with Crippen LogP contribution in [-0.2, 0) is 4.79 Å². The summed E-state index contributed by atoms with van der Waals surface area (Å²) >= 11 is 0. The summed E-state index contributed by atoms with van der Waals surface area (Å²) in [6, 6.07) is 0.382. The van der Waals surface area contributed by atoms with E-state index in [1.807, 2.05) is 0 Å². The largest absolute Gasteiger partial charge is 0.337 e. The second kappa shape index (κ2) is 6.45. The molecule has 1 atom stereocenters. The van der Waals surface area contributed by atoms with Gasteiger partial charge in [-0.15, -0.1) is 12.4 Å². The Bertz CT molecular complexity index is 229. The van der Waals surface area contributed by atoms with Gasteiger partial charge in [0.05, 0.1) is 0 Å². The first-order valence-corrected chi connectivity index (χ1v) is 6.27. The zero-order valence-corrected chi connectivity index (χ0v) is 10.9. The van der Waals surface area contributed by atoms with Gasteiger partial charge in [-0.3, -0.25) is 4.79 Å². The molecule has 0 aromatic heterocycles. The smallest absolute Gasteiger partial charge is 0.223 e. The topological polar surface area (TPSA) is 32.3 Å². The molecule has 4 heteroatoms. The van der Waals surface area contributed by atoms with Gasteiger partial charge in [-0.2, -0.15) is 0 Å². The Kier molecular flexibility index (Phi) is 5.56. The van der Waals surface area contributed by atoms with Crippen LogP contribution in [-0.4, -0.2) is 36.5 Å². The van der Waals surface area contributed by atoms with Gasteiger partial charge in [0.2, 0.25) is 5.91 Å². The van der Waals surface area contributed by atoms with Gasteiger partial charge in [-0.05, 0) is 25.7 Å². The molecule has 0 radical (unpaired) electrons. The van der Waals surface area contributed by atoms with Crippen molar-refractivity contribution in [1.82, 2.24) is 10.2 Å². The Morgan fingerprint density at radius 2 is 2.06 bits per heavy atom. The van der Waals surface area contributed by atoms with E-state index >= 15 is 0 Å². The van der Waals surface area contributed by atoms with Gasteiger partial charge in [-0.1, -0.05) is 12.8 Å². The molecular formula is C12H23ClN2O. The van der Waals surface area contributed by atoms with Crippen molar-refractivity contribution in [3.05, 3.63) is 0 Å². The number of halogens is 1. The maximum atomic E-state index is 12.1. The molecule has 0 aromatic carbocycles. The highest BCUT2D eigenvalue weighted by Crippen LogP contribution is 2.28. The first-order valence-electron chi connectivity index (χ1n) is 6.27. The van der Waals surface area contributed by atoms with Crippen LogP contribution in [0, 0.1) is 5.92 Å². The van der Waals surface area contributed by atoms with Gasteiger partial charge in [-0.25, -0.2) is 0 Å². The molecule has 16 heavy (non-hydrogen) atoms. The molecule has 2 aliphatic rings. The zero-order valence-electron chi connectivity index (χ0n) is 10.1. The van der Waals surface area contributed by atoms with Crippen LogP contribution in [0.1, 0.15) is 39.0 Å². The fourth-order valence-electron chi connectivity index (χ4n) is 2.79. The molecule has 0 spiro atoms. The summed E-state index contributed by atoms with van der Waals surface area (Å²) in [4.78, 5) is 14.1. The van der Waals surface area contributed by atoms with Gasteiger partial charge >= 0.3 is 0 Å². The summed E-state index contributed by atoms with van der Waals surface area (Å²) in [5.41, 5.74) is 0. The molecule has 0 bridgehead atoms. The van der Waals surface area contributed by atoms with Crippen molar-refractivity contribution in [1.29, 1.82) is 0 Å². The summed E-state index contributed by atoms with van der Waals surface area (Å²) in [6.45, 7) is 4.95. The van der Waals surface area contributed by atoms with E-state index in [0.29, 0.717) is 17.9 Å². The van der Waals surface area contributed by atoms with Gasteiger partial charge in [0.1, 0.15) is 0 Å². The predicted molar refractivity (Wildman–Crippen MR) is 67.9 cm³/mol. The SMILES string of the molecule is C[C@H]1CNCCN1C(=O)CC1CCCC1.Cl. The average Bonchev–Trinajstić information content (AvgIpc) is 2.71. The van der Waals surface area contributed by atoms with Crippen LogP contribution in [0.2, 0.25) is 0 Å². The Labute approximate surface area is 104 Å². The van der Waals surface area contributed by atoms with Crippen molar-refractivity contribution in [2.24, 2.45) is 5.92 Å². The summed E-state index contributed by atoms with van der Waals surface area (Å²) in [5.74, 6) is 1.07. The van der Waals surface area contributed by atoms with Crippen LogP contribution in [0.4, 0.5) is 0 Å².